The van der Waals surface area contributed by atoms with Gasteiger partial charge in [-0.05, 0) is 74.6 Å². The number of benzene rings is 3. The zero-order valence-corrected chi connectivity index (χ0v) is 29.2. The number of likely N-dealkylation sites (tertiary alicyclic amines) is 1. The van der Waals surface area contributed by atoms with Crippen LogP contribution < -0.4 is 0 Å². The van der Waals surface area contributed by atoms with Crippen LogP contribution in [0.5, 0.6) is 0 Å². The highest BCUT2D eigenvalue weighted by Crippen LogP contribution is 2.29. The number of nitriles is 1. The predicted octanol–water partition coefficient (Wildman–Crippen LogP) is 10.6. The van der Waals surface area contributed by atoms with Crippen molar-refractivity contribution in [2.45, 2.75) is 91.9 Å². The average molecular weight is 662 g/mol. The molecule has 1 aliphatic heterocycles. The van der Waals surface area contributed by atoms with Crippen molar-refractivity contribution in [3.63, 3.8) is 0 Å². The van der Waals surface area contributed by atoms with Gasteiger partial charge in [0.1, 0.15) is 5.58 Å². The molecule has 0 bridgehead atoms. The van der Waals surface area contributed by atoms with Gasteiger partial charge in [-0.2, -0.15) is 18.4 Å². The van der Waals surface area contributed by atoms with E-state index in [4.69, 9.17) is 4.42 Å². The monoisotopic (exact) mass is 661 g/mol. The fourth-order valence-electron chi connectivity index (χ4n) is 5.95. The quantitative estimate of drug-likeness (QED) is 0.189. The van der Waals surface area contributed by atoms with E-state index in [2.05, 4.69) is 31.7 Å². The summed E-state index contributed by atoms with van der Waals surface area (Å²) in [4.78, 5) is 17.1. The summed E-state index contributed by atoms with van der Waals surface area (Å²) in [6.07, 6.45) is 3.13. The third-order valence-corrected chi connectivity index (χ3v) is 8.78. The molecule has 0 radical (unpaired) electrons. The van der Waals surface area contributed by atoms with Crippen LogP contribution in [0.25, 0.3) is 11.0 Å². The number of furan rings is 1. The standard InChI is InChI=1S/C24H25N3O2.C8H7F3.C8H18/c1-17-7-8-22-20(13-17)14-23(29-22)24(28)26(2)21-9-11-27(12-10-21)16-19-6-4-3-5-18(19)15-25;1-6-2-4-7(5-3-6)8(9,10)11;1-4-6-8(3)7-5-2/h3-8,13-14,21H,9-12,16H2,1-2H3;2-5H,1H3;8H,4-7H2,1-3H3. The van der Waals surface area contributed by atoms with Crippen LogP contribution in [-0.2, 0) is 12.7 Å². The molecule has 0 aliphatic carbocycles. The van der Waals surface area contributed by atoms with E-state index in [1.807, 2.05) is 67.4 Å². The smallest absolute Gasteiger partial charge is 0.416 e. The molecule has 3 aromatic carbocycles. The summed E-state index contributed by atoms with van der Waals surface area (Å²) in [5, 5.41) is 10.2. The molecule has 0 atom stereocenters. The Bertz CT molecular complexity index is 1610. The third kappa shape index (κ3) is 11.6. The Balaban J connectivity index is 0.000000270. The molecule has 5 nitrogen and oxygen atoms in total. The van der Waals surface area contributed by atoms with Gasteiger partial charge in [0.15, 0.2) is 5.76 Å². The van der Waals surface area contributed by atoms with E-state index >= 15 is 0 Å². The minimum Gasteiger partial charge on any atom is -0.451 e. The SMILES string of the molecule is CCCC(C)CCC.Cc1ccc(C(F)(F)F)cc1.Cc1ccc2oc(C(=O)N(C)C3CCN(Cc4ccccc4C#N)CC3)cc2c1. The summed E-state index contributed by atoms with van der Waals surface area (Å²) in [6.45, 7) is 13.2. The molecule has 0 N–H and O–H groups in total. The van der Waals surface area contributed by atoms with Gasteiger partial charge in [-0.1, -0.05) is 94.0 Å². The number of piperidine rings is 1. The van der Waals surface area contributed by atoms with Gasteiger partial charge in [-0.3, -0.25) is 9.69 Å². The van der Waals surface area contributed by atoms with Crippen LogP contribution in [0.3, 0.4) is 0 Å². The topological polar surface area (TPSA) is 60.5 Å². The van der Waals surface area contributed by atoms with Crippen molar-refractivity contribution in [3.05, 3.63) is 106 Å². The van der Waals surface area contributed by atoms with Crippen LogP contribution in [0, 0.1) is 31.1 Å². The molecule has 0 spiro atoms. The largest absolute Gasteiger partial charge is 0.451 e. The minimum absolute atomic E-state index is 0.0628. The highest BCUT2D eigenvalue weighted by molar-refractivity contribution is 5.96. The van der Waals surface area contributed by atoms with Crippen LogP contribution in [0.2, 0.25) is 0 Å². The van der Waals surface area contributed by atoms with Gasteiger partial charge in [0, 0.05) is 38.1 Å². The van der Waals surface area contributed by atoms with Gasteiger partial charge >= 0.3 is 6.18 Å². The van der Waals surface area contributed by atoms with E-state index in [9.17, 15) is 23.2 Å². The molecular formula is C40H50F3N3O2. The minimum atomic E-state index is -4.21. The summed E-state index contributed by atoms with van der Waals surface area (Å²) in [5.74, 6) is 1.30. The summed E-state index contributed by atoms with van der Waals surface area (Å²) < 4.78 is 41.5. The number of aryl methyl sites for hydroxylation is 2. The molecule has 1 saturated heterocycles. The second-order valence-corrected chi connectivity index (χ2v) is 12.9. The molecular weight excluding hydrogens is 611 g/mol. The second kappa shape index (κ2) is 18.5. The van der Waals surface area contributed by atoms with Crippen molar-refractivity contribution in [2.24, 2.45) is 5.92 Å². The lowest BCUT2D eigenvalue weighted by atomic mass is 10.0. The lowest BCUT2D eigenvalue weighted by Gasteiger charge is -2.36. The lowest BCUT2D eigenvalue weighted by molar-refractivity contribution is -0.137. The number of hydrogen-bond acceptors (Lipinski definition) is 4. The van der Waals surface area contributed by atoms with Gasteiger partial charge in [0.2, 0.25) is 0 Å². The Kier molecular flexibility index (Phi) is 14.7. The number of halogens is 3. The van der Waals surface area contributed by atoms with E-state index < -0.39 is 11.7 Å². The Morgan fingerprint density at radius 1 is 0.958 bits per heavy atom. The number of nitrogens with zero attached hydrogens (tertiary/aromatic N) is 3. The molecule has 8 heteroatoms. The molecule has 1 aromatic heterocycles. The fraction of sp³-hybridized carbons (Fsp3) is 0.450. The molecule has 4 aromatic rings. The van der Waals surface area contributed by atoms with E-state index in [0.717, 1.165) is 83.7 Å². The van der Waals surface area contributed by atoms with Crippen molar-refractivity contribution in [3.8, 4) is 6.07 Å². The highest BCUT2D eigenvalue weighted by Gasteiger charge is 2.30. The van der Waals surface area contributed by atoms with Gasteiger partial charge < -0.3 is 9.32 Å². The summed E-state index contributed by atoms with van der Waals surface area (Å²) in [6, 6.07) is 23.1. The van der Waals surface area contributed by atoms with E-state index in [1.54, 1.807) is 6.92 Å². The maximum absolute atomic E-state index is 12.9. The molecule has 0 unspecified atom stereocenters. The number of rotatable bonds is 8. The van der Waals surface area contributed by atoms with Gasteiger partial charge in [0.05, 0.1) is 17.2 Å². The van der Waals surface area contributed by atoms with E-state index in [-0.39, 0.29) is 11.9 Å². The van der Waals surface area contributed by atoms with Crippen LogP contribution in [0.1, 0.15) is 97.7 Å². The van der Waals surface area contributed by atoms with Crippen molar-refractivity contribution >= 4 is 16.9 Å². The van der Waals surface area contributed by atoms with Crippen LogP contribution in [0.15, 0.2) is 77.2 Å². The lowest BCUT2D eigenvalue weighted by Crippen LogP contribution is -2.45. The number of amides is 1. The fourth-order valence-corrected chi connectivity index (χ4v) is 5.95. The van der Waals surface area contributed by atoms with Gasteiger partial charge in [-0.25, -0.2) is 0 Å². The van der Waals surface area contributed by atoms with Crippen molar-refractivity contribution in [1.29, 1.82) is 5.26 Å². The number of alkyl halides is 3. The average Bonchev–Trinajstić information content (AvgIpc) is 3.49. The highest BCUT2D eigenvalue weighted by atomic mass is 19.4. The van der Waals surface area contributed by atoms with Crippen molar-refractivity contribution in [1.82, 2.24) is 9.80 Å². The molecule has 2 heterocycles. The Morgan fingerprint density at radius 3 is 2.15 bits per heavy atom. The first-order valence-electron chi connectivity index (χ1n) is 17.0. The summed E-state index contributed by atoms with van der Waals surface area (Å²) in [7, 11) is 1.87. The molecule has 1 aliphatic rings. The van der Waals surface area contributed by atoms with Gasteiger partial charge in [-0.15, -0.1) is 0 Å². The van der Waals surface area contributed by atoms with Crippen LogP contribution in [-0.4, -0.2) is 41.9 Å². The van der Waals surface area contributed by atoms with Crippen LogP contribution in [0.4, 0.5) is 13.2 Å². The maximum Gasteiger partial charge on any atom is 0.416 e. The normalized spacial score (nSPS) is 13.7. The zero-order chi connectivity index (χ0) is 35.3. The Morgan fingerprint density at radius 2 is 1.56 bits per heavy atom. The number of hydrogen-bond donors (Lipinski definition) is 0. The Hall–Kier alpha value is -4.09. The predicted molar refractivity (Wildman–Crippen MR) is 188 cm³/mol. The van der Waals surface area contributed by atoms with Gasteiger partial charge in [0.25, 0.3) is 5.91 Å². The number of carbonyl (C=O) groups excluding carboxylic acids is 1. The molecule has 1 amide bonds. The number of fused-ring (bicyclic) bond motifs is 1. The molecule has 258 valence electrons. The zero-order valence-electron chi connectivity index (χ0n) is 29.2. The maximum atomic E-state index is 12.9. The second-order valence-electron chi connectivity index (χ2n) is 12.9. The molecule has 48 heavy (non-hydrogen) atoms. The molecule has 0 saturated carbocycles. The summed E-state index contributed by atoms with van der Waals surface area (Å²) in [5.41, 5.74) is 3.94. The van der Waals surface area contributed by atoms with Crippen LogP contribution >= 0.6 is 0 Å². The molecule has 1 fully saturated rings. The summed E-state index contributed by atoms with van der Waals surface area (Å²) >= 11 is 0. The first-order valence-corrected chi connectivity index (χ1v) is 17.0. The van der Waals surface area contributed by atoms with E-state index in [0.29, 0.717) is 5.76 Å². The number of carbonyl (C=O) groups is 1. The third-order valence-electron chi connectivity index (χ3n) is 8.78. The first-order chi connectivity index (χ1) is 22.9. The Labute approximate surface area is 284 Å². The van der Waals surface area contributed by atoms with E-state index in [1.165, 1.54) is 37.8 Å². The van der Waals surface area contributed by atoms with Crippen molar-refractivity contribution < 1.29 is 22.4 Å². The first kappa shape index (κ1) is 38.4. The molecule has 5 rings (SSSR count). The van der Waals surface area contributed by atoms with Crippen molar-refractivity contribution in [2.75, 3.05) is 20.1 Å².